The van der Waals surface area contributed by atoms with Gasteiger partial charge >= 0.3 is 0 Å². The van der Waals surface area contributed by atoms with Crippen molar-refractivity contribution in [2.75, 3.05) is 17.2 Å². The molecule has 0 bridgehead atoms. The van der Waals surface area contributed by atoms with Crippen LogP contribution in [0.3, 0.4) is 0 Å². The van der Waals surface area contributed by atoms with Crippen molar-refractivity contribution in [2.45, 2.75) is 18.3 Å². The maximum Gasteiger partial charge on any atom is 0.268 e. The minimum atomic E-state index is -1.30. The highest BCUT2D eigenvalue weighted by Crippen LogP contribution is 2.55. The molecule has 3 aromatic carbocycles. The van der Waals surface area contributed by atoms with Crippen LogP contribution in [0.1, 0.15) is 27.0 Å². The van der Waals surface area contributed by atoms with Crippen molar-refractivity contribution >= 4 is 40.9 Å². The Bertz CT molecular complexity index is 1280. The van der Waals surface area contributed by atoms with Crippen molar-refractivity contribution < 1.29 is 18.4 Å². The maximum atomic E-state index is 14.4. The van der Waals surface area contributed by atoms with Gasteiger partial charge < -0.3 is 9.80 Å². The lowest BCUT2D eigenvalue weighted by Crippen LogP contribution is -2.50. The molecule has 0 aliphatic carbocycles. The summed E-state index contributed by atoms with van der Waals surface area (Å²) in [7, 11) is 0. The highest BCUT2D eigenvalue weighted by Gasteiger charge is 2.59. The number of nitrogens with zero attached hydrogens (tertiary/aromatic N) is 2. The Morgan fingerprint density at radius 1 is 1.09 bits per heavy atom. The molecule has 1 spiro atoms. The van der Waals surface area contributed by atoms with E-state index < -0.39 is 16.5 Å². The number of rotatable bonds is 3. The Labute approximate surface area is 199 Å². The second-order valence-electron chi connectivity index (χ2n) is 8.07. The first-order chi connectivity index (χ1) is 15.8. The molecule has 3 aromatic rings. The molecular formula is C25H19ClF2N2O2S. The number of aryl methyl sites for hydroxylation is 1. The molecule has 8 heteroatoms. The molecule has 0 unspecified atom stereocenters. The Morgan fingerprint density at radius 3 is 2.55 bits per heavy atom. The topological polar surface area (TPSA) is 40.6 Å². The number of hydrogen-bond acceptors (Lipinski definition) is 3. The van der Waals surface area contributed by atoms with Gasteiger partial charge in [0.05, 0.1) is 12.2 Å². The normalized spacial score (nSPS) is 19.5. The summed E-state index contributed by atoms with van der Waals surface area (Å²) < 4.78 is 28.9. The SMILES string of the molecule is Cc1ccc2c(c1)[C@@]1(SCCN1C(=O)c1cccc(Cl)c1)C(=O)N2Cc1c(F)cccc1F. The van der Waals surface area contributed by atoms with Crippen LogP contribution in [0.15, 0.2) is 60.7 Å². The lowest BCUT2D eigenvalue weighted by Gasteiger charge is -2.33. The van der Waals surface area contributed by atoms with E-state index >= 15 is 0 Å². The molecule has 2 amide bonds. The highest BCUT2D eigenvalue weighted by atomic mass is 35.5. The van der Waals surface area contributed by atoms with Gasteiger partial charge in [-0.2, -0.15) is 0 Å². The second kappa shape index (κ2) is 8.15. The van der Waals surface area contributed by atoms with Crippen LogP contribution in [0.2, 0.25) is 5.02 Å². The van der Waals surface area contributed by atoms with Crippen molar-refractivity contribution in [3.05, 3.63) is 99.6 Å². The number of carbonyl (C=O) groups is 2. The zero-order valence-corrected chi connectivity index (χ0v) is 19.2. The first kappa shape index (κ1) is 21.9. The molecule has 2 aliphatic heterocycles. The number of amides is 2. The quantitative estimate of drug-likeness (QED) is 0.492. The zero-order chi connectivity index (χ0) is 23.3. The van der Waals surface area contributed by atoms with Gasteiger partial charge in [-0.1, -0.05) is 41.4 Å². The largest absolute Gasteiger partial charge is 0.311 e. The first-order valence-corrected chi connectivity index (χ1v) is 11.8. The monoisotopic (exact) mass is 484 g/mol. The molecule has 0 N–H and O–H groups in total. The second-order valence-corrected chi connectivity index (χ2v) is 9.80. The van der Waals surface area contributed by atoms with Gasteiger partial charge in [-0.3, -0.25) is 9.59 Å². The van der Waals surface area contributed by atoms with E-state index in [1.807, 2.05) is 19.1 Å². The van der Waals surface area contributed by atoms with E-state index in [1.54, 1.807) is 35.2 Å². The summed E-state index contributed by atoms with van der Waals surface area (Å²) in [5, 5.41) is 0.424. The van der Waals surface area contributed by atoms with Crippen LogP contribution < -0.4 is 4.90 Å². The molecule has 2 aliphatic rings. The molecule has 4 nitrogen and oxygen atoms in total. The summed E-state index contributed by atoms with van der Waals surface area (Å²) in [4.78, 5) is 29.2. The Kier molecular flexibility index (Phi) is 5.41. The summed E-state index contributed by atoms with van der Waals surface area (Å²) in [5.41, 5.74) is 2.31. The fourth-order valence-corrected chi connectivity index (χ4v) is 6.15. The number of carbonyl (C=O) groups excluding carboxylic acids is 2. The summed E-state index contributed by atoms with van der Waals surface area (Å²) in [6.45, 7) is 1.99. The predicted octanol–water partition coefficient (Wildman–Crippen LogP) is 5.52. The van der Waals surface area contributed by atoms with Crippen molar-refractivity contribution in [3.8, 4) is 0 Å². The molecule has 2 heterocycles. The molecule has 0 saturated carbocycles. The van der Waals surface area contributed by atoms with E-state index in [-0.39, 0.29) is 23.9 Å². The molecule has 1 atom stereocenters. The van der Waals surface area contributed by atoms with E-state index in [9.17, 15) is 18.4 Å². The fraction of sp³-hybridized carbons (Fsp3) is 0.200. The van der Waals surface area contributed by atoms with Gasteiger partial charge in [0.25, 0.3) is 11.8 Å². The van der Waals surface area contributed by atoms with Crippen LogP contribution in [0.4, 0.5) is 14.5 Å². The van der Waals surface area contributed by atoms with Crippen LogP contribution in [-0.2, 0) is 16.2 Å². The van der Waals surface area contributed by atoms with Gasteiger partial charge in [-0.05, 0) is 43.3 Å². The predicted molar refractivity (Wildman–Crippen MR) is 125 cm³/mol. The third kappa shape index (κ3) is 3.42. The summed E-state index contributed by atoms with van der Waals surface area (Å²) >= 11 is 7.46. The minimum absolute atomic E-state index is 0.190. The van der Waals surface area contributed by atoms with Gasteiger partial charge in [-0.25, -0.2) is 8.78 Å². The number of benzene rings is 3. The third-order valence-corrected chi connectivity index (χ3v) is 7.70. The lowest BCUT2D eigenvalue weighted by molar-refractivity contribution is -0.123. The van der Waals surface area contributed by atoms with Crippen LogP contribution in [-0.4, -0.2) is 29.0 Å². The van der Waals surface area contributed by atoms with Gasteiger partial charge in [0.15, 0.2) is 4.87 Å². The lowest BCUT2D eigenvalue weighted by atomic mass is 10.0. The molecule has 168 valence electrons. The minimum Gasteiger partial charge on any atom is -0.311 e. The highest BCUT2D eigenvalue weighted by molar-refractivity contribution is 8.01. The van der Waals surface area contributed by atoms with Crippen LogP contribution in [0.5, 0.6) is 0 Å². The molecule has 5 rings (SSSR count). The average molecular weight is 485 g/mol. The van der Waals surface area contributed by atoms with Crippen molar-refractivity contribution in [1.82, 2.24) is 4.90 Å². The van der Waals surface area contributed by atoms with E-state index in [0.717, 1.165) is 5.56 Å². The Balaban J connectivity index is 1.62. The zero-order valence-electron chi connectivity index (χ0n) is 17.6. The van der Waals surface area contributed by atoms with E-state index in [1.165, 1.54) is 34.9 Å². The van der Waals surface area contributed by atoms with Crippen molar-refractivity contribution in [3.63, 3.8) is 0 Å². The Morgan fingerprint density at radius 2 is 1.82 bits per heavy atom. The molecule has 1 saturated heterocycles. The van der Waals surface area contributed by atoms with Crippen molar-refractivity contribution in [1.29, 1.82) is 0 Å². The van der Waals surface area contributed by atoms with Gasteiger partial charge in [-0.15, -0.1) is 11.8 Å². The standard InChI is InChI=1S/C25H19ClF2N2O2S/c1-15-8-9-22-19(12-15)25(24(32)29(22)14-18-20(27)6-3-7-21(18)28)30(10-11-33-25)23(31)16-4-2-5-17(26)13-16/h2-9,12-13H,10-11,14H2,1H3/t25-/m1/s1. The molecular weight excluding hydrogens is 466 g/mol. The summed E-state index contributed by atoms with van der Waals surface area (Å²) in [6.07, 6.45) is 0. The van der Waals surface area contributed by atoms with Crippen LogP contribution in [0.25, 0.3) is 0 Å². The van der Waals surface area contributed by atoms with Crippen molar-refractivity contribution in [2.24, 2.45) is 0 Å². The fourth-order valence-electron chi connectivity index (χ4n) is 4.50. The van der Waals surface area contributed by atoms with E-state index in [4.69, 9.17) is 11.6 Å². The molecule has 33 heavy (non-hydrogen) atoms. The van der Waals surface area contributed by atoms with Crippen LogP contribution >= 0.6 is 23.4 Å². The van der Waals surface area contributed by atoms with Gasteiger partial charge in [0, 0.05) is 34.0 Å². The molecule has 0 aromatic heterocycles. The number of hydrogen-bond donors (Lipinski definition) is 0. The van der Waals surface area contributed by atoms with E-state index in [2.05, 4.69) is 0 Å². The van der Waals surface area contributed by atoms with E-state index in [0.29, 0.717) is 34.1 Å². The number of fused-ring (bicyclic) bond motifs is 2. The smallest absolute Gasteiger partial charge is 0.268 e. The van der Waals surface area contributed by atoms with Gasteiger partial charge in [0.1, 0.15) is 11.6 Å². The van der Waals surface area contributed by atoms with Crippen LogP contribution in [0, 0.1) is 18.6 Å². The average Bonchev–Trinajstić information content (AvgIpc) is 3.32. The third-order valence-electron chi connectivity index (χ3n) is 6.04. The summed E-state index contributed by atoms with van der Waals surface area (Å²) in [6, 6.07) is 15.7. The number of anilines is 1. The molecule has 1 fully saturated rings. The first-order valence-electron chi connectivity index (χ1n) is 10.4. The maximum absolute atomic E-state index is 14.4. The number of halogens is 3. The molecule has 0 radical (unpaired) electrons. The summed E-state index contributed by atoms with van der Waals surface area (Å²) in [5.74, 6) is -1.59. The Hall–Kier alpha value is -2.90. The number of thioether (sulfide) groups is 1. The van der Waals surface area contributed by atoms with Gasteiger partial charge in [0.2, 0.25) is 0 Å².